The van der Waals surface area contributed by atoms with E-state index in [1.165, 1.54) is 16.7 Å². The van der Waals surface area contributed by atoms with E-state index in [0.29, 0.717) is 5.92 Å². The third-order valence-electron chi connectivity index (χ3n) is 3.11. The second kappa shape index (κ2) is 9.09. The molecule has 0 nitrogen and oxygen atoms in total. The van der Waals surface area contributed by atoms with Gasteiger partial charge in [-0.1, -0.05) is 37.6 Å². The molecule has 8 heteroatoms. The predicted molar refractivity (Wildman–Crippen MR) is 97.2 cm³/mol. The molecule has 0 atom stereocenters. The smallest absolute Gasteiger partial charge is 0.214 e. The van der Waals surface area contributed by atoms with E-state index in [1.54, 1.807) is 0 Å². The van der Waals surface area contributed by atoms with Crippen LogP contribution in [0.2, 0.25) is 0 Å². The molecule has 3 aromatic rings. The first-order chi connectivity index (χ1) is 11.7. The van der Waals surface area contributed by atoms with Crippen LogP contribution < -0.4 is 0 Å². The molecule has 0 aliphatic rings. The van der Waals surface area contributed by atoms with Crippen molar-refractivity contribution in [2.24, 2.45) is 0 Å². The van der Waals surface area contributed by atoms with E-state index in [9.17, 15) is 25.2 Å². The van der Waals surface area contributed by atoms with Crippen molar-refractivity contribution in [1.82, 2.24) is 0 Å². The van der Waals surface area contributed by atoms with Crippen molar-refractivity contribution in [3.8, 4) is 11.1 Å². The van der Waals surface area contributed by atoms with Crippen molar-refractivity contribution in [2.75, 3.05) is 0 Å². The summed E-state index contributed by atoms with van der Waals surface area (Å²) in [5, 5.41) is 0. The van der Waals surface area contributed by atoms with E-state index < -0.39 is 7.81 Å². The summed E-state index contributed by atoms with van der Waals surface area (Å²) in [6.07, 6.45) is 0. The molecule has 0 saturated heterocycles. The van der Waals surface area contributed by atoms with Gasteiger partial charge in [0.1, 0.15) is 0 Å². The average Bonchev–Trinajstić information content (AvgIpc) is 3.19. The summed E-state index contributed by atoms with van der Waals surface area (Å²) in [5.74, 6) is 0.597. The van der Waals surface area contributed by atoms with Gasteiger partial charge in [-0.25, -0.2) is 12.1 Å². The fourth-order valence-corrected chi connectivity index (χ4v) is 2.14. The molecule has 0 unspecified atom stereocenters. The molecule has 0 radical (unpaired) electrons. The summed E-state index contributed by atoms with van der Waals surface area (Å²) in [6, 6.07) is 27.1. The molecular weight excluding hydrogens is 429 g/mol. The van der Waals surface area contributed by atoms with Crippen molar-refractivity contribution in [3.63, 3.8) is 0 Å². The molecule has 0 spiro atoms. The van der Waals surface area contributed by atoms with Gasteiger partial charge in [-0.15, -0.1) is 35.4 Å². The number of halogens is 6. The SMILES string of the molecule is CC(C)c1ccc[c-]1-c1ccccc1.F[P-](F)(F)(F)(F)F.[Fe+2].c1cc[cH-]c1. The Morgan fingerprint density at radius 3 is 1.63 bits per heavy atom. The van der Waals surface area contributed by atoms with Crippen molar-refractivity contribution < 1.29 is 42.3 Å². The standard InChI is InChI=1S/C14H15.C5H5.F6P.Fe/c1-11(2)13-9-6-10-14(13)12-7-4-3-5-8-12;1-2-4-5-3-1;1-7(2,3,4,5)6;/h3-11H,1-2H3;1-5H;;/q3*-1;+2. The second-order valence-electron chi connectivity index (χ2n) is 5.84. The van der Waals surface area contributed by atoms with Crippen LogP contribution in [0.1, 0.15) is 25.3 Å². The topological polar surface area (TPSA) is 0 Å². The van der Waals surface area contributed by atoms with Gasteiger partial charge in [0.2, 0.25) is 0 Å². The Bertz CT molecular complexity index is 731. The zero-order valence-electron chi connectivity index (χ0n) is 14.7. The van der Waals surface area contributed by atoms with E-state index in [1.807, 2.05) is 30.3 Å². The molecule has 0 aromatic heterocycles. The summed E-state index contributed by atoms with van der Waals surface area (Å²) in [7, 11) is -10.7. The monoisotopic (exact) mass is 449 g/mol. The van der Waals surface area contributed by atoms with E-state index in [0.717, 1.165) is 0 Å². The van der Waals surface area contributed by atoms with Crippen LogP contribution in [0.15, 0.2) is 78.9 Å². The largest absolute Gasteiger partial charge is 2.00 e. The van der Waals surface area contributed by atoms with Crippen LogP contribution in [-0.4, -0.2) is 0 Å². The first-order valence-electron chi connectivity index (χ1n) is 7.78. The normalized spacial score (nSPS) is 13.1. The summed E-state index contributed by atoms with van der Waals surface area (Å²) in [5.41, 5.74) is 4.14. The van der Waals surface area contributed by atoms with Crippen molar-refractivity contribution in [1.29, 1.82) is 0 Å². The number of hydrogen-bond acceptors (Lipinski definition) is 0. The van der Waals surface area contributed by atoms with Crippen LogP contribution in [0.4, 0.5) is 25.2 Å². The Morgan fingerprint density at radius 2 is 1.26 bits per heavy atom. The van der Waals surface area contributed by atoms with Crippen LogP contribution in [0.3, 0.4) is 0 Å². The molecule has 27 heavy (non-hydrogen) atoms. The van der Waals surface area contributed by atoms with Gasteiger partial charge < -0.3 is 0 Å². The molecule has 0 N–H and O–H groups in total. The molecule has 152 valence electrons. The zero-order valence-corrected chi connectivity index (χ0v) is 16.7. The summed E-state index contributed by atoms with van der Waals surface area (Å²) < 4.78 is 59.2. The Balaban J connectivity index is 0.000000437. The van der Waals surface area contributed by atoms with Crippen LogP contribution in [0, 0.1) is 0 Å². The molecule has 0 aliphatic carbocycles. The van der Waals surface area contributed by atoms with E-state index >= 15 is 0 Å². The van der Waals surface area contributed by atoms with Gasteiger partial charge in [0.05, 0.1) is 0 Å². The maximum Gasteiger partial charge on any atom is 2.00 e. The molecule has 3 aromatic carbocycles. The maximum absolute atomic E-state index is 10.7. The van der Waals surface area contributed by atoms with Crippen molar-refractivity contribution in [3.05, 3.63) is 84.4 Å². The van der Waals surface area contributed by atoms with Crippen LogP contribution >= 0.6 is 7.81 Å². The first kappa shape index (κ1) is 25.4. The van der Waals surface area contributed by atoms with Gasteiger partial charge in [-0.3, -0.25) is 0 Å². The Kier molecular flexibility index (Phi) is 8.57. The Morgan fingerprint density at radius 1 is 0.778 bits per heavy atom. The third kappa shape index (κ3) is 14.2. The molecule has 0 amide bonds. The molecule has 0 aliphatic heterocycles. The first-order valence-corrected chi connectivity index (χ1v) is 9.81. The predicted octanol–water partition coefficient (Wildman–Crippen LogP) is 8.98. The van der Waals surface area contributed by atoms with E-state index in [-0.39, 0.29) is 17.1 Å². The number of benzene rings is 1. The minimum Gasteiger partial charge on any atom is -0.214 e. The van der Waals surface area contributed by atoms with Crippen LogP contribution in [0.5, 0.6) is 0 Å². The molecule has 0 fully saturated rings. The number of rotatable bonds is 2. The van der Waals surface area contributed by atoms with E-state index in [4.69, 9.17) is 0 Å². The molecule has 0 bridgehead atoms. The Hall–Kier alpha value is -1.55. The van der Waals surface area contributed by atoms with E-state index in [2.05, 4.69) is 62.4 Å². The van der Waals surface area contributed by atoms with Crippen molar-refractivity contribution in [2.45, 2.75) is 19.8 Å². The quantitative estimate of drug-likeness (QED) is 0.159. The van der Waals surface area contributed by atoms with Crippen LogP contribution in [-0.2, 0) is 17.1 Å². The fraction of sp³-hybridized carbons (Fsp3) is 0.158. The molecular formula is C19H20F6FeP-. The van der Waals surface area contributed by atoms with Crippen LogP contribution in [0.25, 0.3) is 11.1 Å². The average molecular weight is 449 g/mol. The third-order valence-corrected chi connectivity index (χ3v) is 3.11. The molecule has 0 saturated carbocycles. The fourth-order valence-electron chi connectivity index (χ4n) is 2.14. The zero-order chi connectivity index (χ0) is 19.9. The van der Waals surface area contributed by atoms with Gasteiger partial charge in [-0.2, -0.15) is 24.3 Å². The summed E-state index contributed by atoms with van der Waals surface area (Å²) >= 11 is 0. The van der Waals surface area contributed by atoms with Gasteiger partial charge in [0, 0.05) is 0 Å². The second-order valence-corrected chi connectivity index (χ2v) is 7.75. The van der Waals surface area contributed by atoms with Gasteiger partial charge in [-0.05, 0) is 5.92 Å². The van der Waals surface area contributed by atoms with Gasteiger partial charge in [0.25, 0.3) is 0 Å². The minimum absolute atomic E-state index is 0. The minimum atomic E-state index is -10.7. The maximum atomic E-state index is 9.87. The number of hydrogen-bond donors (Lipinski definition) is 0. The summed E-state index contributed by atoms with van der Waals surface area (Å²) in [6.45, 7) is 4.48. The molecule has 3 rings (SSSR count). The Labute approximate surface area is 165 Å². The van der Waals surface area contributed by atoms with Gasteiger partial charge >= 0.3 is 50.1 Å². The summed E-state index contributed by atoms with van der Waals surface area (Å²) in [4.78, 5) is 0. The molecule has 0 heterocycles. The van der Waals surface area contributed by atoms with Crippen molar-refractivity contribution >= 4 is 7.81 Å². The van der Waals surface area contributed by atoms with Gasteiger partial charge in [0.15, 0.2) is 0 Å².